The van der Waals surface area contributed by atoms with Gasteiger partial charge in [0.2, 0.25) is 0 Å². The minimum absolute atomic E-state index is 0.217. The zero-order valence-corrected chi connectivity index (χ0v) is 24.9. The second kappa shape index (κ2) is 13.0. The molecular weight excluding hydrogens is 607 g/mol. The highest BCUT2D eigenvalue weighted by atomic mass is 31.1. The Morgan fingerprint density at radius 2 is 0.957 bits per heavy atom. The monoisotopic (exact) mass is 633 g/mol. The lowest BCUT2D eigenvalue weighted by Gasteiger charge is -2.04. The van der Waals surface area contributed by atoms with Crippen LogP contribution in [0.1, 0.15) is 20.7 Å². The Bertz CT molecular complexity index is 1870. The van der Waals surface area contributed by atoms with Crippen LogP contribution in [-0.4, -0.2) is 31.4 Å². The van der Waals surface area contributed by atoms with E-state index >= 15 is 0 Å². The Balaban J connectivity index is 1.01. The molecule has 0 radical (unpaired) electrons. The van der Waals surface area contributed by atoms with Crippen LogP contribution < -0.4 is 31.1 Å². The van der Waals surface area contributed by atoms with Gasteiger partial charge in [-0.3, -0.25) is 9.59 Å². The third kappa shape index (κ3) is 6.85. The molecule has 14 heteroatoms. The van der Waals surface area contributed by atoms with Crippen molar-refractivity contribution in [3.8, 4) is 22.9 Å². The normalized spacial score (nSPS) is 10.6. The number of rotatable bonds is 10. The lowest BCUT2D eigenvalue weighted by atomic mass is 10.2. The fourth-order valence-electron chi connectivity index (χ4n) is 4.28. The molecule has 13 nitrogen and oxygen atoms in total. The van der Waals surface area contributed by atoms with E-state index in [1.54, 1.807) is 21.8 Å². The van der Waals surface area contributed by atoms with Gasteiger partial charge in [0, 0.05) is 15.7 Å². The molecule has 6 rings (SSSR count). The van der Waals surface area contributed by atoms with E-state index in [2.05, 4.69) is 20.8 Å². The molecule has 0 aliphatic carbocycles. The molecule has 0 saturated heterocycles. The third-order valence-corrected chi connectivity index (χ3v) is 7.30. The van der Waals surface area contributed by atoms with E-state index in [9.17, 15) is 14.2 Å². The summed E-state index contributed by atoms with van der Waals surface area (Å²) in [5, 5.41) is 14.1. The van der Waals surface area contributed by atoms with Crippen molar-refractivity contribution in [2.45, 2.75) is 0 Å². The molecule has 2 amide bonds. The fourth-order valence-corrected chi connectivity index (χ4v) is 4.90. The quantitative estimate of drug-likeness (QED) is 0.135. The number of aromatic nitrogens is 4. The van der Waals surface area contributed by atoms with Gasteiger partial charge in [-0.2, -0.15) is 0 Å². The summed E-state index contributed by atoms with van der Waals surface area (Å²) in [6.45, 7) is 0. The molecule has 0 unspecified atom stereocenters. The topological polar surface area (TPSA) is 181 Å². The maximum Gasteiger partial charge on any atom is 0.805 e. The molecule has 6 aromatic rings. The van der Waals surface area contributed by atoms with E-state index < -0.39 is 20.1 Å². The van der Waals surface area contributed by atoms with Crippen molar-refractivity contribution in [2.24, 2.45) is 0 Å². The van der Waals surface area contributed by atoms with Crippen molar-refractivity contribution in [3.05, 3.63) is 133 Å². The molecule has 228 valence electrons. The molecule has 6 N–H and O–H groups in total. The molecule has 0 atom stereocenters. The van der Waals surface area contributed by atoms with Gasteiger partial charge in [-0.05, 0) is 72.8 Å². The van der Waals surface area contributed by atoms with Gasteiger partial charge in [-0.15, -0.1) is 10.2 Å². The summed E-state index contributed by atoms with van der Waals surface area (Å²) in [4.78, 5) is 25.5. The van der Waals surface area contributed by atoms with E-state index in [1.807, 2.05) is 60.7 Å². The molecule has 0 bridgehead atoms. The molecule has 0 saturated carbocycles. The van der Waals surface area contributed by atoms with Crippen molar-refractivity contribution in [1.29, 1.82) is 0 Å². The Hall–Kier alpha value is -6.46. The SMILES string of the molecule is Nc1cn(-c2ccccc2)nc1NC(=O)c1ccc(O[P+](=O)Oc2ccc(C(=O)Nc3nn(-c4ccccc4)cc3N)cc2)cc1. The number of benzene rings is 4. The van der Waals surface area contributed by atoms with Crippen molar-refractivity contribution >= 4 is 43.1 Å². The summed E-state index contributed by atoms with van der Waals surface area (Å²) >= 11 is 0. The minimum atomic E-state index is -2.62. The minimum Gasteiger partial charge on any atom is -0.394 e. The predicted octanol–water partition coefficient (Wildman–Crippen LogP) is 5.84. The average molecular weight is 634 g/mol. The van der Waals surface area contributed by atoms with E-state index in [0.717, 1.165) is 11.4 Å². The first-order valence-corrected chi connectivity index (χ1v) is 14.9. The maximum absolute atomic E-state index is 12.8. The number of para-hydroxylation sites is 2. The smallest absolute Gasteiger partial charge is 0.394 e. The van der Waals surface area contributed by atoms with Crippen molar-refractivity contribution in [2.75, 3.05) is 22.1 Å². The van der Waals surface area contributed by atoms with Crippen molar-refractivity contribution < 1.29 is 23.2 Å². The van der Waals surface area contributed by atoms with Gasteiger partial charge in [-0.25, -0.2) is 18.4 Å². The summed E-state index contributed by atoms with van der Waals surface area (Å²) in [6, 6.07) is 30.6. The Morgan fingerprint density at radius 3 is 1.33 bits per heavy atom. The van der Waals surface area contributed by atoms with Gasteiger partial charge < -0.3 is 22.1 Å². The summed E-state index contributed by atoms with van der Waals surface area (Å²) in [6.07, 6.45) is 3.22. The van der Waals surface area contributed by atoms with E-state index in [-0.39, 0.29) is 23.1 Å². The number of amides is 2. The van der Waals surface area contributed by atoms with E-state index in [0.29, 0.717) is 22.5 Å². The first kappa shape index (κ1) is 29.6. The molecule has 46 heavy (non-hydrogen) atoms. The fraction of sp³-hybridized carbons (Fsp3) is 0. The van der Waals surface area contributed by atoms with Gasteiger partial charge in [0.15, 0.2) is 23.1 Å². The maximum atomic E-state index is 12.8. The van der Waals surface area contributed by atoms with Crippen LogP contribution in [0.2, 0.25) is 0 Å². The number of anilines is 4. The van der Waals surface area contributed by atoms with E-state index in [1.165, 1.54) is 48.5 Å². The van der Waals surface area contributed by atoms with E-state index in [4.69, 9.17) is 20.5 Å². The lowest BCUT2D eigenvalue weighted by Crippen LogP contribution is -2.13. The predicted molar refractivity (Wildman–Crippen MR) is 174 cm³/mol. The Morgan fingerprint density at radius 1 is 0.587 bits per heavy atom. The van der Waals surface area contributed by atoms with Crippen LogP contribution in [0.25, 0.3) is 11.4 Å². The number of hydrogen-bond donors (Lipinski definition) is 4. The van der Waals surface area contributed by atoms with Crippen LogP contribution in [0.5, 0.6) is 11.5 Å². The Labute approximate surface area is 263 Å². The average Bonchev–Trinajstić information content (AvgIpc) is 3.63. The number of hydrogen-bond acceptors (Lipinski definition) is 9. The second-order valence-electron chi connectivity index (χ2n) is 9.79. The van der Waals surface area contributed by atoms with Gasteiger partial charge in [0.05, 0.1) is 35.1 Å². The van der Waals surface area contributed by atoms with Gasteiger partial charge in [0.25, 0.3) is 11.8 Å². The number of nitrogens with two attached hydrogens (primary N) is 2. The third-order valence-electron chi connectivity index (χ3n) is 6.58. The van der Waals surface area contributed by atoms with Crippen LogP contribution in [0.4, 0.5) is 23.0 Å². The lowest BCUT2D eigenvalue weighted by molar-refractivity contribution is 0.101. The zero-order chi connectivity index (χ0) is 32.0. The second-order valence-corrected chi connectivity index (χ2v) is 10.6. The van der Waals surface area contributed by atoms with Crippen LogP contribution >= 0.6 is 8.25 Å². The van der Waals surface area contributed by atoms with Gasteiger partial charge >= 0.3 is 8.25 Å². The highest BCUT2D eigenvalue weighted by Gasteiger charge is 2.25. The molecule has 4 aromatic carbocycles. The largest absolute Gasteiger partial charge is 0.805 e. The summed E-state index contributed by atoms with van der Waals surface area (Å²) in [5.74, 6) is -0.000489. The Kier molecular flexibility index (Phi) is 8.39. The molecule has 0 aliphatic rings. The molecule has 0 spiro atoms. The first-order valence-electron chi connectivity index (χ1n) is 13.8. The molecule has 2 heterocycles. The van der Waals surface area contributed by atoms with Gasteiger partial charge in [0.1, 0.15) is 0 Å². The highest BCUT2D eigenvalue weighted by Crippen LogP contribution is 2.31. The summed E-state index contributed by atoms with van der Waals surface area (Å²) in [7, 11) is -2.62. The highest BCUT2D eigenvalue weighted by molar-refractivity contribution is 7.34. The first-order chi connectivity index (χ1) is 22.3. The number of carbonyl (C=O) groups is 2. The zero-order valence-electron chi connectivity index (χ0n) is 24.0. The van der Waals surface area contributed by atoms with Gasteiger partial charge in [-0.1, -0.05) is 36.4 Å². The summed E-state index contributed by atoms with van der Waals surface area (Å²) < 4.78 is 26.4. The van der Waals surface area contributed by atoms with Crippen LogP contribution in [0.15, 0.2) is 122 Å². The van der Waals surface area contributed by atoms with Crippen LogP contribution in [-0.2, 0) is 4.57 Å². The number of nitrogen functional groups attached to an aromatic ring is 2. The molecule has 2 aromatic heterocycles. The molecular formula is C32H26N8O5P+. The molecule has 0 aliphatic heterocycles. The number of carbonyl (C=O) groups excluding carboxylic acids is 2. The summed E-state index contributed by atoms with van der Waals surface area (Å²) in [5.41, 5.74) is 14.9. The standard InChI is InChI=1S/C32H25N8O5P/c33-27-19-39(23-7-3-1-4-8-23)37-29(27)35-31(41)21-11-15-25(16-12-21)44-46(43)45-26-17-13-22(14-18-26)32(42)36-30-28(34)20-40(38-30)24-9-5-2-6-10-24/h1-20H,33-34H2,(H-,35,36,37,38,41,42)/p+1. The van der Waals surface area contributed by atoms with Crippen LogP contribution in [0.3, 0.4) is 0 Å². The molecule has 0 fully saturated rings. The van der Waals surface area contributed by atoms with Crippen molar-refractivity contribution in [1.82, 2.24) is 19.6 Å². The van der Waals surface area contributed by atoms with Crippen molar-refractivity contribution in [3.63, 3.8) is 0 Å². The number of nitrogens with zero attached hydrogens (tertiary/aromatic N) is 4. The van der Waals surface area contributed by atoms with Crippen LogP contribution in [0, 0.1) is 0 Å². The number of nitrogens with one attached hydrogen (secondary N) is 2.